The number of aromatic nitrogens is 1. The Morgan fingerprint density at radius 1 is 1.07 bits per heavy atom. The summed E-state index contributed by atoms with van der Waals surface area (Å²) in [5.41, 5.74) is 1.26. The predicted molar refractivity (Wildman–Crippen MR) is 220 cm³/mol. The Balaban J connectivity index is 1.23. The number of carboxylic acids is 1. The monoisotopic (exact) mass is 809 g/mol. The maximum atomic E-state index is 15.0. The highest BCUT2D eigenvalue weighted by Crippen LogP contribution is 2.47. The molecule has 314 valence electrons. The number of nitrogens with zero attached hydrogens (tertiary/aromatic N) is 3. The van der Waals surface area contributed by atoms with Crippen molar-refractivity contribution in [2.75, 3.05) is 26.2 Å². The summed E-state index contributed by atoms with van der Waals surface area (Å²) in [7, 11) is 0. The molecule has 14 heteroatoms. The van der Waals surface area contributed by atoms with Crippen LogP contribution in [0.1, 0.15) is 77.7 Å². The average molecular weight is 810 g/mol. The molecule has 5 atom stereocenters. The largest absolute Gasteiger partial charge is 0.488 e. The van der Waals surface area contributed by atoms with Crippen LogP contribution in [0.25, 0.3) is 22.2 Å². The molecule has 2 saturated heterocycles. The fourth-order valence-electron chi connectivity index (χ4n) is 8.64. The van der Waals surface area contributed by atoms with Gasteiger partial charge >= 0.3 is 18.2 Å². The van der Waals surface area contributed by atoms with Crippen molar-refractivity contribution < 1.29 is 43.3 Å². The Morgan fingerprint density at radius 3 is 2.54 bits per heavy atom. The first-order valence-corrected chi connectivity index (χ1v) is 20.8. The maximum absolute atomic E-state index is 15.0. The summed E-state index contributed by atoms with van der Waals surface area (Å²) >= 11 is 0. The summed E-state index contributed by atoms with van der Waals surface area (Å²) in [6.07, 6.45) is 4.29. The van der Waals surface area contributed by atoms with E-state index in [0.29, 0.717) is 50.2 Å². The number of allylic oxidation sites excluding steroid dienone is 1. The summed E-state index contributed by atoms with van der Waals surface area (Å²) in [5, 5.41) is 16.7. The van der Waals surface area contributed by atoms with Crippen LogP contribution in [0.5, 0.6) is 5.75 Å². The molecule has 2 aromatic carbocycles. The van der Waals surface area contributed by atoms with Crippen LogP contribution in [0.4, 0.5) is 9.59 Å². The lowest BCUT2D eigenvalue weighted by Gasteiger charge is -2.38. The lowest BCUT2D eigenvalue weighted by molar-refractivity contribution is -0.146. The second-order valence-corrected chi connectivity index (χ2v) is 17.3. The van der Waals surface area contributed by atoms with Gasteiger partial charge in [-0.3, -0.25) is 9.59 Å². The molecule has 1 aliphatic carbocycles. The number of rotatable bonds is 7. The summed E-state index contributed by atoms with van der Waals surface area (Å²) in [5.74, 6) is -2.47. The van der Waals surface area contributed by atoms with Crippen LogP contribution in [-0.4, -0.2) is 105 Å². The Hall–Kier alpha value is -5.66. The molecule has 3 aromatic rings. The number of pyridine rings is 1. The number of carbonyl (C=O) groups excluding carboxylic acids is 4. The fraction of sp³-hybridized carbons (Fsp3) is 0.511. The minimum Gasteiger partial charge on any atom is -0.488 e. The lowest BCUT2D eigenvalue weighted by Crippen LogP contribution is -2.59. The van der Waals surface area contributed by atoms with Gasteiger partial charge in [-0.2, -0.15) is 0 Å². The minimum atomic E-state index is -1.48. The zero-order valence-electron chi connectivity index (χ0n) is 34.1. The maximum Gasteiger partial charge on any atom is 0.410 e. The van der Waals surface area contributed by atoms with Crippen molar-refractivity contribution in [1.82, 2.24) is 25.4 Å². The predicted octanol–water partition coefficient (Wildman–Crippen LogP) is 6.25. The van der Waals surface area contributed by atoms with E-state index in [-0.39, 0.29) is 31.9 Å². The van der Waals surface area contributed by atoms with Crippen molar-refractivity contribution in [2.24, 2.45) is 11.8 Å². The molecule has 3 N–H and O–H groups in total. The van der Waals surface area contributed by atoms with E-state index in [2.05, 4.69) is 29.3 Å². The highest BCUT2D eigenvalue weighted by atomic mass is 16.6. The smallest absolute Gasteiger partial charge is 0.410 e. The van der Waals surface area contributed by atoms with Crippen LogP contribution in [0, 0.1) is 11.8 Å². The molecule has 7 rings (SSSR count). The van der Waals surface area contributed by atoms with Crippen molar-refractivity contribution in [1.29, 1.82) is 0 Å². The quantitative estimate of drug-likeness (QED) is 0.231. The van der Waals surface area contributed by atoms with Gasteiger partial charge in [0, 0.05) is 36.5 Å². The summed E-state index contributed by atoms with van der Waals surface area (Å²) < 4.78 is 18.0. The van der Waals surface area contributed by atoms with Crippen LogP contribution >= 0.6 is 0 Å². The molecule has 14 nitrogen and oxygen atoms in total. The van der Waals surface area contributed by atoms with Crippen LogP contribution in [0.2, 0.25) is 0 Å². The number of benzene rings is 2. The van der Waals surface area contributed by atoms with E-state index in [1.807, 2.05) is 42.5 Å². The number of aryl methyl sites for hydroxylation is 1. The number of fused-ring (bicyclic) bond motifs is 3. The van der Waals surface area contributed by atoms with Gasteiger partial charge in [-0.1, -0.05) is 42.5 Å². The van der Waals surface area contributed by atoms with E-state index in [1.54, 1.807) is 31.7 Å². The number of carboxylic acid groups (broad SMARTS) is 1. The molecular formula is C45H55N5O9. The number of cyclic esters (lactones) is 1. The summed E-state index contributed by atoms with van der Waals surface area (Å²) in [4.78, 5) is 76.3. The van der Waals surface area contributed by atoms with Crippen molar-refractivity contribution in [3.63, 3.8) is 0 Å². The molecular weight excluding hydrogens is 755 g/mol. The molecule has 4 aliphatic rings. The van der Waals surface area contributed by atoms with E-state index in [1.165, 1.54) is 4.90 Å². The number of alkyl carbamates (subject to hydrolysis) is 1. The van der Waals surface area contributed by atoms with Gasteiger partial charge in [-0.05, 0) is 102 Å². The van der Waals surface area contributed by atoms with Gasteiger partial charge in [0.15, 0.2) is 0 Å². The molecule has 1 aromatic heterocycles. The molecule has 59 heavy (non-hydrogen) atoms. The van der Waals surface area contributed by atoms with Crippen LogP contribution in [-0.2, 0) is 30.3 Å². The molecule has 2 unspecified atom stereocenters. The second kappa shape index (κ2) is 17.3. The standard InChI is InChI=1S/C45H55N5O9/c1-5-12-31-26-45(31,41(53)54)48-39(51)36-24-32-27-50(36)40(52)38(30-18-20-49(21-19-30)43(56)59-44(2,3)4)47-42(55)57-22-11-7-8-13-28-16-17-34-33(23-28)37(58-32)25-35(46-34)29-14-9-6-10-15-29/h5-6,9-10,14-17,23,25,30-32,36,38H,1,7-8,11-13,18-22,24,26-27H2,2-4H3,(H,47,55)(H,48,51)(H,53,54)/t31?,32-,36+,38?,45-/m1/s1. The van der Waals surface area contributed by atoms with Gasteiger partial charge in [0.1, 0.15) is 35.1 Å². The third-order valence-corrected chi connectivity index (χ3v) is 11.9. The number of hydrogen-bond donors (Lipinski definition) is 3. The molecule has 4 heterocycles. The highest BCUT2D eigenvalue weighted by Gasteiger charge is 2.62. The number of likely N-dealkylation sites (tertiary alicyclic amines) is 1. The SMILES string of the molecule is C=CCC1C[C@]1(NC(=O)[C@@H]1C[C@@H]2CN1C(=O)C(C1CCN(C(=O)OC(C)(C)C)CC1)NC(=O)OCCCCCc1ccc3nc(-c4ccccc4)cc(c3c1)O2)C(=O)O. The summed E-state index contributed by atoms with van der Waals surface area (Å²) in [6, 6.07) is 15.5. The topological polar surface area (TPSA) is 177 Å². The molecule has 0 spiro atoms. The third-order valence-electron chi connectivity index (χ3n) is 11.9. The molecule has 3 fully saturated rings. The number of piperidine rings is 1. The Bertz CT molecular complexity index is 2080. The van der Waals surface area contributed by atoms with Crippen molar-refractivity contribution >= 4 is 40.9 Å². The van der Waals surface area contributed by atoms with Crippen LogP contribution in [0.15, 0.2) is 67.3 Å². The van der Waals surface area contributed by atoms with Crippen molar-refractivity contribution in [3.05, 3.63) is 72.8 Å². The molecule has 0 radical (unpaired) electrons. The zero-order valence-corrected chi connectivity index (χ0v) is 34.1. The Labute approximate surface area is 344 Å². The molecule has 3 aliphatic heterocycles. The van der Waals surface area contributed by atoms with E-state index in [0.717, 1.165) is 41.3 Å². The fourth-order valence-corrected chi connectivity index (χ4v) is 8.64. The lowest BCUT2D eigenvalue weighted by atomic mass is 9.88. The van der Waals surface area contributed by atoms with Crippen molar-refractivity contribution in [2.45, 2.75) is 108 Å². The third kappa shape index (κ3) is 9.47. The van der Waals surface area contributed by atoms with Gasteiger partial charge in [0.25, 0.3) is 0 Å². The number of aliphatic carboxylic acids is 1. The summed E-state index contributed by atoms with van der Waals surface area (Å²) in [6.45, 7) is 9.88. The Morgan fingerprint density at radius 2 is 1.83 bits per heavy atom. The Kier molecular flexibility index (Phi) is 12.2. The number of ether oxygens (including phenoxy) is 3. The number of nitrogens with one attached hydrogen (secondary N) is 2. The van der Waals surface area contributed by atoms with Gasteiger partial charge in [0.2, 0.25) is 11.8 Å². The first-order valence-electron chi connectivity index (χ1n) is 20.8. The molecule has 4 bridgehead atoms. The first-order chi connectivity index (χ1) is 28.2. The number of hydrogen-bond acceptors (Lipinski definition) is 9. The average Bonchev–Trinajstić information content (AvgIpc) is 3.73. The minimum absolute atomic E-state index is 0.0127. The highest BCUT2D eigenvalue weighted by molar-refractivity contribution is 5.96. The second-order valence-electron chi connectivity index (χ2n) is 17.3. The van der Waals surface area contributed by atoms with Gasteiger partial charge < -0.3 is 39.8 Å². The van der Waals surface area contributed by atoms with E-state index in [4.69, 9.17) is 19.2 Å². The van der Waals surface area contributed by atoms with Crippen LogP contribution in [0.3, 0.4) is 0 Å². The van der Waals surface area contributed by atoms with Crippen molar-refractivity contribution in [3.8, 4) is 17.0 Å². The first kappa shape index (κ1) is 41.5. The normalized spacial score (nSPS) is 25.5. The van der Waals surface area contributed by atoms with E-state index < -0.39 is 65.2 Å². The zero-order chi connectivity index (χ0) is 41.9. The van der Waals surface area contributed by atoms with E-state index in [9.17, 15) is 29.1 Å². The number of carbonyl (C=O) groups is 5. The van der Waals surface area contributed by atoms with Gasteiger partial charge in [-0.25, -0.2) is 19.4 Å². The molecule has 1 saturated carbocycles. The van der Waals surface area contributed by atoms with Gasteiger partial charge in [0.05, 0.1) is 24.4 Å². The number of amides is 4. The van der Waals surface area contributed by atoms with E-state index >= 15 is 0 Å². The van der Waals surface area contributed by atoms with Gasteiger partial charge in [-0.15, -0.1) is 6.58 Å². The molecule has 4 amide bonds. The van der Waals surface area contributed by atoms with Crippen LogP contribution < -0.4 is 15.4 Å².